The molecule has 0 unspecified atom stereocenters. The molecule has 154 valence electrons. The van der Waals surface area contributed by atoms with Crippen LogP contribution in [-0.4, -0.2) is 74.9 Å². The van der Waals surface area contributed by atoms with Crippen LogP contribution in [0, 0.1) is 0 Å². The summed E-state index contributed by atoms with van der Waals surface area (Å²) in [7, 11) is -3.68. The number of carbonyl (C=O) groups is 2. The van der Waals surface area contributed by atoms with E-state index in [9.17, 15) is 23.1 Å². The van der Waals surface area contributed by atoms with Crippen LogP contribution in [0.1, 0.15) is 38.5 Å². The zero-order valence-electron chi connectivity index (χ0n) is 15.3. The summed E-state index contributed by atoms with van der Waals surface area (Å²) in [6, 6.07) is 0. The summed E-state index contributed by atoms with van der Waals surface area (Å²) in [6.45, 7) is 1.35. The fraction of sp³-hybridized carbons (Fsp3) is 0.875. The van der Waals surface area contributed by atoms with Crippen LogP contribution in [0.15, 0.2) is 0 Å². The van der Waals surface area contributed by atoms with Crippen LogP contribution in [0.4, 0.5) is 0 Å². The lowest BCUT2D eigenvalue weighted by Crippen LogP contribution is -2.67. The second kappa shape index (κ2) is 7.28. The molecule has 0 aromatic rings. The Hall–Kier alpha value is -1.27. The summed E-state index contributed by atoms with van der Waals surface area (Å²) in [4.78, 5) is 25.1. The number of aliphatic carboxylic acids is 1. The smallest absolute Gasteiger partial charge is 0.329 e. The molecule has 1 amide bonds. The zero-order chi connectivity index (χ0) is 19.8. The topological polar surface area (TPSA) is 140 Å². The minimum atomic E-state index is -3.68. The average molecular weight is 406 g/mol. The Kier molecular flexibility index (Phi) is 5.52. The molecule has 27 heavy (non-hydrogen) atoms. The summed E-state index contributed by atoms with van der Waals surface area (Å²) in [5.41, 5.74) is -2.90. The molecule has 0 aromatic heterocycles. The van der Waals surface area contributed by atoms with Crippen LogP contribution in [0.5, 0.6) is 0 Å². The van der Waals surface area contributed by atoms with Gasteiger partial charge in [0.25, 0.3) is 0 Å². The number of rotatable bonds is 5. The first-order valence-electron chi connectivity index (χ1n) is 9.01. The fourth-order valence-electron chi connectivity index (χ4n) is 4.02. The molecule has 0 aromatic carbocycles. The van der Waals surface area contributed by atoms with Crippen LogP contribution in [0.25, 0.3) is 0 Å². The first-order chi connectivity index (χ1) is 12.6. The second-order valence-corrected chi connectivity index (χ2v) is 9.27. The van der Waals surface area contributed by atoms with Gasteiger partial charge in [0, 0.05) is 26.1 Å². The zero-order valence-corrected chi connectivity index (χ0v) is 16.1. The Morgan fingerprint density at radius 3 is 1.93 bits per heavy atom. The molecule has 2 saturated heterocycles. The van der Waals surface area contributed by atoms with Crippen molar-refractivity contribution in [2.75, 3.05) is 32.7 Å². The van der Waals surface area contributed by atoms with E-state index in [4.69, 9.17) is 14.2 Å². The number of hydrogen-bond donors (Lipinski definition) is 3. The van der Waals surface area contributed by atoms with Crippen molar-refractivity contribution in [3.05, 3.63) is 0 Å². The molecule has 1 saturated carbocycles. The number of carbonyl (C=O) groups excluding carboxylic acids is 1. The standard InChI is InChI=1S/C16H26N2O8S/c1-27(22,23)18-14(6-8-24-9-7-14)12(19)17-15(13(20)21)2-4-16(5-3-15)25-10-11-26-16/h18H,2-11H2,1H3,(H,17,19)(H,20,21). The third kappa shape index (κ3) is 4.27. The van der Waals surface area contributed by atoms with Gasteiger partial charge in [-0.25, -0.2) is 13.2 Å². The first-order valence-corrected chi connectivity index (χ1v) is 10.9. The summed E-state index contributed by atoms with van der Waals surface area (Å²) in [5.74, 6) is -2.56. The first kappa shape index (κ1) is 20.5. The predicted molar refractivity (Wildman–Crippen MR) is 92.4 cm³/mol. The Labute approximate surface area is 158 Å². The van der Waals surface area contributed by atoms with Crippen molar-refractivity contribution in [3.63, 3.8) is 0 Å². The Morgan fingerprint density at radius 1 is 0.889 bits per heavy atom. The Bertz CT molecular complexity index is 685. The molecule has 10 nitrogen and oxygen atoms in total. The van der Waals surface area contributed by atoms with E-state index < -0.39 is 38.8 Å². The summed E-state index contributed by atoms with van der Waals surface area (Å²) in [5, 5.41) is 12.5. The quantitative estimate of drug-likeness (QED) is 0.547. The molecule has 1 spiro atoms. The SMILES string of the molecule is CS(=O)(=O)NC1(C(=O)NC2(C(=O)O)CCC3(CC2)OCCO3)CCOCC1. The number of nitrogens with one attached hydrogen (secondary N) is 2. The Balaban J connectivity index is 1.78. The van der Waals surface area contributed by atoms with Crippen molar-refractivity contribution in [2.45, 2.75) is 55.4 Å². The van der Waals surface area contributed by atoms with E-state index in [1.807, 2.05) is 0 Å². The van der Waals surface area contributed by atoms with E-state index >= 15 is 0 Å². The normalized spacial score (nSPS) is 26.6. The van der Waals surface area contributed by atoms with Crippen molar-refractivity contribution in [2.24, 2.45) is 0 Å². The lowest BCUT2D eigenvalue weighted by Gasteiger charge is -2.44. The monoisotopic (exact) mass is 406 g/mol. The Morgan fingerprint density at radius 2 is 1.44 bits per heavy atom. The molecule has 0 atom stereocenters. The molecule has 3 rings (SSSR count). The van der Waals surface area contributed by atoms with Crippen LogP contribution in [0.2, 0.25) is 0 Å². The maximum atomic E-state index is 13.1. The summed E-state index contributed by atoms with van der Waals surface area (Å²) < 4.78 is 42.5. The molecule has 1 aliphatic carbocycles. The van der Waals surface area contributed by atoms with Crippen LogP contribution in [0.3, 0.4) is 0 Å². The van der Waals surface area contributed by atoms with Gasteiger partial charge in [0.15, 0.2) is 5.79 Å². The largest absolute Gasteiger partial charge is 0.480 e. The third-order valence-corrected chi connectivity index (χ3v) is 6.36. The lowest BCUT2D eigenvalue weighted by atomic mass is 9.77. The number of carboxylic acids is 1. The number of ether oxygens (including phenoxy) is 3. The van der Waals surface area contributed by atoms with Gasteiger partial charge in [-0.05, 0) is 25.7 Å². The van der Waals surface area contributed by atoms with Crippen molar-refractivity contribution in [3.8, 4) is 0 Å². The summed E-state index contributed by atoms with van der Waals surface area (Å²) >= 11 is 0. The van der Waals surface area contributed by atoms with Crippen molar-refractivity contribution in [1.29, 1.82) is 0 Å². The van der Waals surface area contributed by atoms with Gasteiger partial charge in [0.05, 0.1) is 19.5 Å². The molecule has 0 radical (unpaired) electrons. The predicted octanol–water partition coefficient (Wildman–Crippen LogP) is -0.658. The van der Waals surface area contributed by atoms with Gasteiger partial charge in [0.2, 0.25) is 15.9 Å². The summed E-state index contributed by atoms with van der Waals surface area (Å²) in [6.07, 6.45) is 2.21. The second-order valence-electron chi connectivity index (χ2n) is 7.52. The molecular weight excluding hydrogens is 380 g/mol. The van der Waals surface area contributed by atoms with Crippen LogP contribution < -0.4 is 10.0 Å². The molecule has 3 fully saturated rings. The third-order valence-electron chi connectivity index (χ3n) is 5.60. The van der Waals surface area contributed by atoms with E-state index in [1.54, 1.807) is 0 Å². The van der Waals surface area contributed by atoms with Gasteiger partial charge in [-0.15, -0.1) is 0 Å². The minimum Gasteiger partial charge on any atom is -0.480 e. The van der Waals surface area contributed by atoms with Gasteiger partial charge in [0.1, 0.15) is 11.1 Å². The molecule has 2 aliphatic heterocycles. The minimum absolute atomic E-state index is 0.137. The molecule has 2 heterocycles. The number of sulfonamides is 1. The molecular formula is C16H26N2O8S. The fourth-order valence-corrected chi connectivity index (χ4v) is 5.03. The van der Waals surface area contributed by atoms with Crippen molar-refractivity contribution >= 4 is 21.9 Å². The van der Waals surface area contributed by atoms with Gasteiger partial charge >= 0.3 is 5.97 Å². The van der Waals surface area contributed by atoms with E-state index in [0.29, 0.717) is 26.1 Å². The van der Waals surface area contributed by atoms with Crippen LogP contribution >= 0.6 is 0 Å². The van der Waals surface area contributed by atoms with E-state index in [2.05, 4.69) is 10.0 Å². The van der Waals surface area contributed by atoms with Gasteiger partial charge < -0.3 is 24.6 Å². The highest BCUT2D eigenvalue weighted by atomic mass is 32.2. The lowest BCUT2D eigenvalue weighted by molar-refractivity contribution is -0.192. The van der Waals surface area contributed by atoms with Gasteiger partial charge in [-0.2, -0.15) is 4.72 Å². The highest BCUT2D eigenvalue weighted by Crippen LogP contribution is 2.41. The van der Waals surface area contributed by atoms with Crippen molar-refractivity contribution < 1.29 is 37.3 Å². The highest BCUT2D eigenvalue weighted by Gasteiger charge is 2.53. The molecule has 3 aliphatic rings. The van der Waals surface area contributed by atoms with Crippen molar-refractivity contribution in [1.82, 2.24) is 10.0 Å². The molecule has 11 heteroatoms. The van der Waals surface area contributed by atoms with E-state index in [0.717, 1.165) is 6.26 Å². The number of amides is 1. The average Bonchev–Trinajstić information content (AvgIpc) is 3.05. The van der Waals surface area contributed by atoms with Crippen LogP contribution in [-0.2, 0) is 33.8 Å². The maximum absolute atomic E-state index is 13.1. The maximum Gasteiger partial charge on any atom is 0.329 e. The molecule has 3 N–H and O–H groups in total. The number of hydrogen-bond acceptors (Lipinski definition) is 7. The highest BCUT2D eigenvalue weighted by molar-refractivity contribution is 7.88. The van der Waals surface area contributed by atoms with E-state index in [-0.39, 0.29) is 38.9 Å². The number of carboxylic acid groups (broad SMARTS) is 1. The van der Waals surface area contributed by atoms with E-state index in [1.165, 1.54) is 0 Å². The van der Waals surface area contributed by atoms with Gasteiger partial charge in [-0.1, -0.05) is 0 Å². The van der Waals surface area contributed by atoms with Gasteiger partial charge in [-0.3, -0.25) is 4.79 Å². The molecule has 0 bridgehead atoms.